The Morgan fingerprint density at radius 2 is 1.56 bits per heavy atom. The van der Waals surface area contributed by atoms with Gasteiger partial charge in [-0.25, -0.2) is 8.42 Å². The molecule has 5 nitrogen and oxygen atoms in total. The Morgan fingerprint density at radius 3 is 2.08 bits per heavy atom. The van der Waals surface area contributed by atoms with Gasteiger partial charge in [-0.3, -0.25) is 4.90 Å². The third-order valence-electron chi connectivity index (χ3n) is 5.03. The normalized spacial score (nSPS) is 18.6. The molecule has 0 bridgehead atoms. The number of sulfonamides is 1. The Kier molecular flexibility index (Phi) is 5.32. The first-order valence-corrected chi connectivity index (χ1v) is 10.2. The molecular weight excluding hydrogens is 336 g/mol. The predicted octanol–water partition coefficient (Wildman–Crippen LogP) is 3.47. The SMILES string of the molecule is CC(C)c1ccc(S(=O)(=O)N2CCN([C@@H](C)c3ccoc3)CC2)cc1. The van der Waals surface area contributed by atoms with Crippen LogP contribution < -0.4 is 0 Å². The van der Waals surface area contributed by atoms with E-state index in [1.54, 1.807) is 29.0 Å². The highest BCUT2D eigenvalue weighted by Crippen LogP contribution is 2.25. The van der Waals surface area contributed by atoms with Crippen LogP contribution in [-0.2, 0) is 10.0 Å². The fourth-order valence-electron chi connectivity index (χ4n) is 3.23. The average Bonchev–Trinajstić information content (AvgIpc) is 3.16. The summed E-state index contributed by atoms with van der Waals surface area (Å²) in [6, 6.07) is 9.47. The lowest BCUT2D eigenvalue weighted by atomic mass is 10.0. The van der Waals surface area contributed by atoms with Crippen molar-refractivity contribution in [1.82, 2.24) is 9.21 Å². The minimum Gasteiger partial charge on any atom is -0.472 e. The highest BCUT2D eigenvalue weighted by molar-refractivity contribution is 7.89. The molecule has 0 N–H and O–H groups in total. The van der Waals surface area contributed by atoms with E-state index in [-0.39, 0.29) is 6.04 Å². The molecule has 0 amide bonds. The molecule has 0 unspecified atom stereocenters. The maximum Gasteiger partial charge on any atom is 0.243 e. The summed E-state index contributed by atoms with van der Waals surface area (Å²) in [5, 5.41) is 0. The number of benzene rings is 1. The van der Waals surface area contributed by atoms with Gasteiger partial charge in [0.15, 0.2) is 0 Å². The molecule has 2 aromatic rings. The number of hydrogen-bond acceptors (Lipinski definition) is 4. The molecule has 1 aliphatic heterocycles. The maximum absolute atomic E-state index is 12.9. The van der Waals surface area contributed by atoms with Crippen molar-refractivity contribution >= 4 is 10.0 Å². The third-order valence-corrected chi connectivity index (χ3v) is 6.94. The summed E-state index contributed by atoms with van der Waals surface area (Å²) in [7, 11) is -3.42. The van der Waals surface area contributed by atoms with E-state index in [0.717, 1.165) is 24.2 Å². The Bertz CT molecular complexity index is 775. The van der Waals surface area contributed by atoms with E-state index in [9.17, 15) is 8.42 Å². The molecule has 3 rings (SSSR count). The van der Waals surface area contributed by atoms with Crippen molar-refractivity contribution in [3.63, 3.8) is 0 Å². The molecule has 1 aromatic heterocycles. The lowest BCUT2D eigenvalue weighted by molar-refractivity contribution is 0.145. The Hall–Kier alpha value is -1.63. The quantitative estimate of drug-likeness (QED) is 0.817. The molecule has 0 spiro atoms. The highest BCUT2D eigenvalue weighted by Gasteiger charge is 2.30. The van der Waals surface area contributed by atoms with Crippen LogP contribution in [0, 0.1) is 0 Å². The summed E-state index contributed by atoms with van der Waals surface area (Å²) in [5.74, 6) is 0.393. The smallest absolute Gasteiger partial charge is 0.243 e. The van der Waals surface area contributed by atoms with Crippen molar-refractivity contribution in [2.75, 3.05) is 26.2 Å². The number of piperazine rings is 1. The van der Waals surface area contributed by atoms with Crippen LogP contribution in [0.2, 0.25) is 0 Å². The van der Waals surface area contributed by atoms with Gasteiger partial charge in [0.2, 0.25) is 10.0 Å². The van der Waals surface area contributed by atoms with Crippen molar-refractivity contribution in [2.24, 2.45) is 0 Å². The van der Waals surface area contributed by atoms with Crippen LogP contribution in [0.1, 0.15) is 43.9 Å². The van der Waals surface area contributed by atoms with Gasteiger partial charge in [0.05, 0.1) is 17.4 Å². The lowest BCUT2D eigenvalue weighted by Crippen LogP contribution is -2.49. The zero-order valence-corrected chi connectivity index (χ0v) is 15.9. The van der Waals surface area contributed by atoms with Gasteiger partial charge in [-0.15, -0.1) is 0 Å². The molecule has 25 heavy (non-hydrogen) atoms. The van der Waals surface area contributed by atoms with Crippen LogP contribution in [0.3, 0.4) is 0 Å². The number of furan rings is 1. The van der Waals surface area contributed by atoms with Crippen LogP contribution in [0.25, 0.3) is 0 Å². The molecule has 0 radical (unpaired) electrons. The number of hydrogen-bond donors (Lipinski definition) is 0. The van der Waals surface area contributed by atoms with Crippen LogP contribution in [0.4, 0.5) is 0 Å². The second kappa shape index (κ2) is 7.32. The van der Waals surface area contributed by atoms with Crippen LogP contribution in [0.5, 0.6) is 0 Å². The summed E-state index contributed by atoms with van der Waals surface area (Å²) in [6.07, 6.45) is 3.43. The van der Waals surface area contributed by atoms with Crippen LogP contribution in [0.15, 0.2) is 52.2 Å². The fourth-order valence-corrected chi connectivity index (χ4v) is 4.65. The predicted molar refractivity (Wildman–Crippen MR) is 98.0 cm³/mol. The Labute approximate surface area is 150 Å². The second-order valence-electron chi connectivity index (χ2n) is 6.90. The standard InChI is InChI=1S/C19H26N2O3S/c1-15(2)17-4-6-19(7-5-17)25(22,23)21-11-9-20(10-12-21)16(3)18-8-13-24-14-18/h4-8,13-16H,9-12H2,1-3H3/t16-/m0/s1. The van der Waals surface area contributed by atoms with E-state index in [2.05, 4.69) is 25.7 Å². The topological polar surface area (TPSA) is 53.8 Å². The van der Waals surface area contributed by atoms with Gasteiger partial charge < -0.3 is 4.42 Å². The molecule has 6 heteroatoms. The van der Waals surface area contributed by atoms with Crippen molar-refractivity contribution < 1.29 is 12.8 Å². The molecule has 1 fully saturated rings. The molecule has 0 aliphatic carbocycles. The molecule has 2 heterocycles. The van der Waals surface area contributed by atoms with Gasteiger partial charge in [0.1, 0.15) is 0 Å². The minimum atomic E-state index is -3.42. The van der Waals surface area contributed by atoms with E-state index >= 15 is 0 Å². The zero-order valence-electron chi connectivity index (χ0n) is 15.1. The van der Waals surface area contributed by atoms with Crippen LogP contribution >= 0.6 is 0 Å². The molecule has 0 saturated carbocycles. The summed E-state index contributed by atoms with van der Waals surface area (Å²) in [5.41, 5.74) is 2.28. The first-order valence-electron chi connectivity index (χ1n) is 8.76. The summed E-state index contributed by atoms with van der Waals surface area (Å²) in [4.78, 5) is 2.67. The summed E-state index contributed by atoms with van der Waals surface area (Å²) in [6.45, 7) is 8.78. The van der Waals surface area contributed by atoms with E-state index in [1.807, 2.05) is 18.2 Å². The van der Waals surface area contributed by atoms with Crippen LogP contribution in [-0.4, -0.2) is 43.8 Å². The number of nitrogens with zero attached hydrogens (tertiary/aromatic N) is 2. The minimum absolute atomic E-state index is 0.230. The monoisotopic (exact) mass is 362 g/mol. The molecule has 1 atom stereocenters. The highest BCUT2D eigenvalue weighted by atomic mass is 32.2. The summed E-state index contributed by atoms with van der Waals surface area (Å²) >= 11 is 0. The maximum atomic E-state index is 12.9. The molecule has 1 aliphatic rings. The molecular formula is C19H26N2O3S. The first kappa shape index (κ1) is 18.2. The van der Waals surface area contributed by atoms with Gasteiger partial charge in [-0.1, -0.05) is 26.0 Å². The third kappa shape index (κ3) is 3.81. The first-order chi connectivity index (χ1) is 11.9. The van der Waals surface area contributed by atoms with Gasteiger partial charge >= 0.3 is 0 Å². The fraction of sp³-hybridized carbons (Fsp3) is 0.474. The van der Waals surface area contributed by atoms with E-state index in [4.69, 9.17) is 4.42 Å². The second-order valence-corrected chi connectivity index (χ2v) is 8.83. The van der Waals surface area contributed by atoms with Gasteiger partial charge in [0.25, 0.3) is 0 Å². The average molecular weight is 362 g/mol. The molecule has 1 saturated heterocycles. The van der Waals surface area contributed by atoms with Crippen molar-refractivity contribution in [2.45, 2.75) is 37.6 Å². The molecule has 1 aromatic carbocycles. The van der Waals surface area contributed by atoms with E-state index in [1.165, 1.54) is 0 Å². The lowest BCUT2D eigenvalue weighted by Gasteiger charge is -2.37. The Balaban J connectivity index is 1.67. The van der Waals surface area contributed by atoms with Gasteiger partial charge in [-0.05, 0) is 36.6 Å². The number of rotatable bonds is 5. The zero-order chi connectivity index (χ0) is 18.0. The van der Waals surface area contributed by atoms with Crippen molar-refractivity contribution in [3.05, 3.63) is 54.0 Å². The summed E-state index contributed by atoms with van der Waals surface area (Å²) < 4.78 is 32.5. The van der Waals surface area contributed by atoms with E-state index < -0.39 is 10.0 Å². The van der Waals surface area contributed by atoms with Crippen molar-refractivity contribution in [3.8, 4) is 0 Å². The largest absolute Gasteiger partial charge is 0.472 e. The molecule has 136 valence electrons. The van der Waals surface area contributed by atoms with Gasteiger partial charge in [-0.2, -0.15) is 4.31 Å². The van der Waals surface area contributed by atoms with Gasteiger partial charge in [0, 0.05) is 37.8 Å². The van der Waals surface area contributed by atoms with Crippen molar-refractivity contribution in [1.29, 1.82) is 0 Å². The van der Waals surface area contributed by atoms with E-state index in [0.29, 0.717) is 23.9 Å². The Morgan fingerprint density at radius 1 is 0.920 bits per heavy atom.